The van der Waals surface area contributed by atoms with Gasteiger partial charge in [0, 0.05) is 18.8 Å². The van der Waals surface area contributed by atoms with Gasteiger partial charge in [-0.05, 0) is 56.7 Å². The number of carbonyl (C=O) groups is 2. The second-order valence-electron chi connectivity index (χ2n) is 7.81. The summed E-state index contributed by atoms with van der Waals surface area (Å²) in [6.45, 7) is 4.78. The highest BCUT2D eigenvalue weighted by Gasteiger charge is 2.34. The first-order chi connectivity index (χ1) is 15.5. The first-order valence-electron chi connectivity index (χ1n) is 10.2. The van der Waals surface area contributed by atoms with E-state index in [0.29, 0.717) is 5.56 Å². The standard InChI is InChI=1S/C22H24ClFN2O6S/c1-13-4-6-17(9-19(13)24)25-21(27)12-31-22(28)16-5-7-18(23)20(8-16)33(29,30)26-10-14(2)32-15(3)11-26/h4-9,14-15H,10-12H2,1-3H3,(H,25,27). The molecule has 1 fully saturated rings. The van der Waals surface area contributed by atoms with Crippen LogP contribution < -0.4 is 5.32 Å². The van der Waals surface area contributed by atoms with E-state index < -0.39 is 34.3 Å². The van der Waals surface area contributed by atoms with Gasteiger partial charge in [-0.15, -0.1) is 0 Å². The van der Waals surface area contributed by atoms with Gasteiger partial charge in [-0.2, -0.15) is 4.31 Å². The molecule has 0 aliphatic carbocycles. The second kappa shape index (κ2) is 10.2. The molecule has 0 radical (unpaired) electrons. The van der Waals surface area contributed by atoms with Crippen molar-refractivity contribution in [3.8, 4) is 0 Å². The van der Waals surface area contributed by atoms with Crippen LogP contribution in [0.2, 0.25) is 5.02 Å². The van der Waals surface area contributed by atoms with Crippen LogP contribution >= 0.6 is 11.6 Å². The quantitative estimate of drug-likeness (QED) is 0.612. The number of esters is 1. The van der Waals surface area contributed by atoms with Crippen LogP contribution in [0.5, 0.6) is 0 Å². The molecule has 1 N–H and O–H groups in total. The Morgan fingerprint density at radius 2 is 1.85 bits per heavy atom. The zero-order chi connectivity index (χ0) is 24.3. The summed E-state index contributed by atoms with van der Waals surface area (Å²) in [6.07, 6.45) is -0.591. The van der Waals surface area contributed by atoms with E-state index in [-0.39, 0.29) is 46.5 Å². The van der Waals surface area contributed by atoms with Crippen molar-refractivity contribution in [3.63, 3.8) is 0 Å². The smallest absolute Gasteiger partial charge is 0.338 e. The number of morpholine rings is 1. The number of sulfonamides is 1. The van der Waals surface area contributed by atoms with Crippen molar-refractivity contribution in [1.82, 2.24) is 4.31 Å². The second-order valence-corrected chi connectivity index (χ2v) is 10.1. The highest BCUT2D eigenvalue weighted by molar-refractivity contribution is 7.89. The van der Waals surface area contributed by atoms with E-state index in [2.05, 4.69) is 5.32 Å². The molecule has 2 aromatic rings. The predicted octanol–water partition coefficient (Wildman–Crippen LogP) is 3.38. The lowest BCUT2D eigenvalue weighted by atomic mass is 10.2. The monoisotopic (exact) mass is 498 g/mol. The van der Waals surface area contributed by atoms with Crippen molar-refractivity contribution < 1.29 is 31.9 Å². The van der Waals surface area contributed by atoms with Gasteiger partial charge in [0.25, 0.3) is 5.91 Å². The predicted molar refractivity (Wildman–Crippen MR) is 120 cm³/mol. The molecule has 1 aliphatic heterocycles. The fourth-order valence-electron chi connectivity index (χ4n) is 3.38. The molecule has 3 rings (SSSR count). The molecule has 178 valence electrons. The number of amides is 1. The van der Waals surface area contributed by atoms with Crippen LogP contribution in [0.25, 0.3) is 0 Å². The highest BCUT2D eigenvalue weighted by Crippen LogP contribution is 2.28. The molecule has 0 saturated carbocycles. The summed E-state index contributed by atoms with van der Waals surface area (Å²) < 4.78 is 51.7. The highest BCUT2D eigenvalue weighted by atomic mass is 35.5. The molecule has 0 spiro atoms. The van der Waals surface area contributed by atoms with Crippen LogP contribution in [0.15, 0.2) is 41.3 Å². The van der Waals surface area contributed by atoms with Gasteiger partial charge >= 0.3 is 5.97 Å². The molecule has 2 unspecified atom stereocenters. The van der Waals surface area contributed by atoms with Gasteiger partial charge in [0.15, 0.2) is 6.61 Å². The lowest BCUT2D eigenvalue weighted by Gasteiger charge is -2.34. The van der Waals surface area contributed by atoms with Crippen molar-refractivity contribution in [3.05, 3.63) is 58.4 Å². The Labute approximate surface area is 196 Å². The maximum absolute atomic E-state index is 13.6. The molecular weight excluding hydrogens is 475 g/mol. The Morgan fingerprint density at radius 3 is 2.48 bits per heavy atom. The normalized spacial score (nSPS) is 19.2. The van der Waals surface area contributed by atoms with Gasteiger partial charge in [0.1, 0.15) is 10.7 Å². The lowest BCUT2D eigenvalue weighted by molar-refractivity contribution is -0.119. The number of carbonyl (C=O) groups excluding carboxylic acids is 2. The molecule has 11 heteroatoms. The van der Waals surface area contributed by atoms with Crippen LogP contribution in [0.4, 0.5) is 10.1 Å². The summed E-state index contributed by atoms with van der Waals surface area (Å²) in [5.74, 6) is -2.06. The van der Waals surface area contributed by atoms with E-state index in [9.17, 15) is 22.4 Å². The van der Waals surface area contributed by atoms with Crippen molar-refractivity contribution >= 4 is 39.2 Å². The summed E-state index contributed by atoms with van der Waals surface area (Å²) in [5.41, 5.74) is 0.559. The number of hydrogen-bond acceptors (Lipinski definition) is 6. The third kappa shape index (κ3) is 6.08. The summed E-state index contributed by atoms with van der Waals surface area (Å²) in [7, 11) is -4.00. The number of nitrogens with zero attached hydrogens (tertiary/aromatic N) is 1. The van der Waals surface area contributed by atoms with Gasteiger partial charge in [0.05, 0.1) is 22.8 Å². The third-order valence-electron chi connectivity index (χ3n) is 4.96. The van der Waals surface area contributed by atoms with Gasteiger partial charge in [-0.1, -0.05) is 17.7 Å². The van der Waals surface area contributed by atoms with E-state index in [0.717, 1.165) is 12.1 Å². The Kier molecular flexibility index (Phi) is 7.73. The number of anilines is 1. The molecule has 0 aromatic heterocycles. The summed E-state index contributed by atoms with van der Waals surface area (Å²) in [4.78, 5) is 24.2. The molecule has 2 atom stereocenters. The minimum Gasteiger partial charge on any atom is -0.452 e. The molecule has 2 aromatic carbocycles. The molecule has 1 amide bonds. The molecule has 33 heavy (non-hydrogen) atoms. The summed E-state index contributed by atoms with van der Waals surface area (Å²) in [5, 5.41) is 2.38. The number of hydrogen-bond donors (Lipinski definition) is 1. The Bertz CT molecular complexity index is 1160. The number of ether oxygens (including phenoxy) is 2. The van der Waals surface area contributed by atoms with Gasteiger partial charge in [-0.25, -0.2) is 17.6 Å². The summed E-state index contributed by atoms with van der Waals surface area (Å²) >= 11 is 6.14. The maximum Gasteiger partial charge on any atom is 0.338 e. The Balaban J connectivity index is 1.69. The topological polar surface area (TPSA) is 102 Å². The average Bonchev–Trinajstić information content (AvgIpc) is 2.74. The molecule has 0 bridgehead atoms. The molecule has 1 heterocycles. The van der Waals surface area contributed by atoms with Crippen LogP contribution in [0.3, 0.4) is 0 Å². The fourth-order valence-corrected chi connectivity index (χ4v) is 5.47. The van der Waals surface area contributed by atoms with E-state index in [1.54, 1.807) is 20.8 Å². The molecule has 8 nitrogen and oxygen atoms in total. The minimum atomic E-state index is -4.00. The average molecular weight is 499 g/mol. The number of benzene rings is 2. The first-order valence-corrected chi connectivity index (χ1v) is 12.0. The largest absolute Gasteiger partial charge is 0.452 e. The number of nitrogens with one attached hydrogen (secondary N) is 1. The number of halogens is 2. The number of aryl methyl sites for hydroxylation is 1. The fraction of sp³-hybridized carbons (Fsp3) is 0.364. The van der Waals surface area contributed by atoms with Crippen LogP contribution in [-0.2, 0) is 24.3 Å². The van der Waals surface area contributed by atoms with Crippen molar-refractivity contribution in [2.45, 2.75) is 37.9 Å². The first kappa shape index (κ1) is 25.1. The maximum atomic E-state index is 13.6. The van der Waals surface area contributed by atoms with E-state index in [1.807, 2.05) is 0 Å². The van der Waals surface area contributed by atoms with Crippen molar-refractivity contribution in [1.29, 1.82) is 0 Å². The number of rotatable bonds is 6. The lowest BCUT2D eigenvalue weighted by Crippen LogP contribution is -2.48. The molecule has 1 saturated heterocycles. The van der Waals surface area contributed by atoms with Crippen LogP contribution in [0.1, 0.15) is 29.8 Å². The SMILES string of the molecule is Cc1ccc(NC(=O)COC(=O)c2ccc(Cl)c(S(=O)(=O)N3CC(C)OC(C)C3)c2)cc1F. The van der Waals surface area contributed by atoms with Crippen LogP contribution in [0, 0.1) is 12.7 Å². The van der Waals surface area contributed by atoms with Gasteiger partial charge < -0.3 is 14.8 Å². The van der Waals surface area contributed by atoms with Gasteiger partial charge in [0.2, 0.25) is 10.0 Å². The third-order valence-corrected chi connectivity index (χ3v) is 7.27. The Hall–Kier alpha value is -2.53. The van der Waals surface area contributed by atoms with E-state index in [4.69, 9.17) is 21.1 Å². The molecule has 1 aliphatic rings. The Morgan fingerprint density at radius 1 is 1.18 bits per heavy atom. The van der Waals surface area contributed by atoms with E-state index in [1.165, 1.54) is 28.6 Å². The van der Waals surface area contributed by atoms with Crippen molar-refractivity contribution in [2.24, 2.45) is 0 Å². The van der Waals surface area contributed by atoms with Crippen LogP contribution in [-0.4, -0.2) is 56.5 Å². The zero-order valence-electron chi connectivity index (χ0n) is 18.3. The molecular formula is C22H24ClFN2O6S. The zero-order valence-corrected chi connectivity index (χ0v) is 19.9. The van der Waals surface area contributed by atoms with E-state index >= 15 is 0 Å². The summed E-state index contributed by atoms with van der Waals surface area (Å²) in [6, 6.07) is 7.89. The minimum absolute atomic E-state index is 0.0440. The van der Waals surface area contributed by atoms with Gasteiger partial charge in [-0.3, -0.25) is 4.79 Å². The van der Waals surface area contributed by atoms with Crippen molar-refractivity contribution in [2.75, 3.05) is 25.0 Å².